The van der Waals surface area contributed by atoms with Crippen LogP contribution in [-0.2, 0) is 0 Å². The van der Waals surface area contributed by atoms with Crippen LogP contribution in [-0.4, -0.2) is 0 Å². The molecule has 0 aliphatic heterocycles. The smallest absolute Gasteiger partial charge is 0.0496 e. The Kier molecular flexibility index (Phi) is 4.71. The highest BCUT2D eigenvalue weighted by Crippen LogP contribution is 2.29. The Hall–Kier alpha value is -0.510. The Morgan fingerprint density at radius 2 is 1.89 bits per heavy atom. The lowest BCUT2D eigenvalue weighted by Gasteiger charge is -2.17. The quantitative estimate of drug-likeness (QED) is 0.675. The Morgan fingerprint density at radius 1 is 1.11 bits per heavy atom. The highest BCUT2D eigenvalue weighted by atomic mass is 79.9. The average Bonchev–Trinajstić information content (AvgIpc) is 2.28. The van der Waals surface area contributed by atoms with E-state index in [2.05, 4.69) is 50.2 Å². The zero-order valence-corrected chi connectivity index (χ0v) is 13.7. The van der Waals surface area contributed by atoms with Gasteiger partial charge in [-0.25, -0.2) is 0 Å². The van der Waals surface area contributed by atoms with Gasteiger partial charge in [0, 0.05) is 25.7 Å². The molecule has 0 fully saturated rings. The maximum Gasteiger partial charge on any atom is 0.0496 e. The Morgan fingerprint density at radius 3 is 2.56 bits per heavy atom. The van der Waals surface area contributed by atoms with Crippen LogP contribution in [0.2, 0.25) is 5.02 Å². The minimum Gasteiger partial charge on any atom is -0.378 e. The molecule has 1 atom stereocenters. The molecular weight excluding hydrogens is 377 g/mol. The van der Waals surface area contributed by atoms with Gasteiger partial charge < -0.3 is 5.32 Å². The molecular formula is C14H12Br2ClN. The average molecular weight is 390 g/mol. The molecule has 1 N–H and O–H groups in total. The van der Waals surface area contributed by atoms with Crippen LogP contribution < -0.4 is 5.32 Å². The number of benzene rings is 2. The van der Waals surface area contributed by atoms with Gasteiger partial charge in [0.25, 0.3) is 0 Å². The van der Waals surface area contributed by atoms with E-state index in [9.17, 15) is 0 Å². The molecule has 0 aliphatic carbocycles. The number of nitrogens with one attached hydrogen (secondary N) is 1. The second-order valence-electron chi connectivity index (χ2n) is 4.04. The summed E-state index contributed by atoms with van der Waals surface area (Å²) in [5.74, 6) is 0. The third-order valence-corrected chi connectivity index (χ3v) is 4.05. The van der Waals surface area contributed by atoms with Gasteiger partial charge in [-0.15, -0.1) is 0 Å². The molecule has 1 unspecified atom stereocenters. The van der Waals surface area contributed by atoms with Gasteiger partial charge in [0.05, 0.1) is 0 Å². The number of hydrogen-bond donors (Lipinski definition) is 1. The monoisotopic (exact) mass is 387 g/mol. The fourth-order valence-electron chi connectivity index (χ4n) is 1.76. The highest BCUT2D eigenvalue weighted by molar-refractivity contribution is 9.11. The molecule has 0 radical (unpaired) electrons. The molecule has 0 saturated heterocycles. The molecule has 18 heavy (non-hydrogen) atoms. The van der Waals surface area contributed by atoms with Crippen molar-refractivity contribution in [2.75, 3.05) is 5.32 Å². The van der Waals surface area contributed by atoms with Crippen LogP contribution in [0.5, 0.6) is 0 Å². The Balaban J connectivity index is 2.19. The van der Waals surface area contributed by atoms with Gasteiger partial charge >= 0.3 is 0 Å². The van der Waals surface area contributed by atoms with E-state index in [4.69, 9.17) is 11.6 Å². The third kappa shape index (κ3) is 3.50. The Labute approximate surface area is 129 Å². The zero-order valence-electron chi connectivity index (χ0n) is 9.75. The molecule has 1 nitrogen and oxygen atoms in total. The van der Waals surface area contributed by atoms with Crippen molar-refractivity contribution in [3.8, 4) is 0 Å². The lowest BCUT2D eigenvalue weighted by molar-refractivity contribution is 0.878. The second-order valence-corrected chi connectivity index (χ2v) is 6.25. The number of anilines is 1. The van der Waals surface area contributed by atoms with E-state index in [0.717, 1.165) is 19.7 Å². The van der Waals surface area contributed by atoms with E-state index in [1.807, 2.05) is 36.4 Å². The highest BCUT2D eigenvalue weighted by Gasteiger charge is 2.09. The molecule has 0 spiro atoms. The van der Waals surface area contributed by atoms with Gasteiger partial charge in [-0.05, 0) is 42.8 Å². The first-order valence-corrected chi connectivity index (χ1v) is 7.50. The van der Waals surface area contributed by atoms with Gasteiger partial charge in [-0.3, -0.25) is 0 Å². The molecule has 0 aromatic heterocycles. The maximum absolute atomic E-state index is 5.97. The second kappa shape index (κ2) is 6.09. The lowest BCUT2D eigenvalue weighted by atomic mass is 10.1. The van der Waals surface area contributed by atoms with Gasteiger partial charge in [-0.1, -0.05) is 55.6 Å². The molecule has 94 valence electrons. The largest absolute Gasteiger partial charge is 0.378 e. The standard InChI is InChI=1S/C14H12Br2ClN/c1-9(13-6-5-10(15)7-14(13)16)18-12-4-2-3-11(17)8-12/h2-9,18H,1H3. The predicted octanol–water partition coefficient (Wildman–Crippen LogP) is 6.04. The van der Waals surface area contributed by atoms with Crippen LogP contribution >= 0.6 is 43.5 Å². The van der Waals surface area contributed by atoms with Crippen LogP contribution in [0, 0.1) is 0 Å². The summed E-state index contributed by atoms with van der Waals surface area (Å²) >= 11 is 13.0. The van der Waals surface area contributed by atoms with Crippen molar-refractivity contribution in [1.82, 2.24) is 0 Å². The van der Waals surface area contributed by atoms with Gasteiger partial charge in [0.1, 0.15) is 0 Å². The summed E-state index contributed by atoms with van der Waals surface area (Å²) in [6.45, 7) is 2.12. The first kappa shape index (κ1) is 13.9. The SMILES string of the molecule is CC(Nc1cccc(Cl)c1)c1ccc(Br)cc1Br. The topological polar surface area (TPSA) is 12.0 Å². The summed E-state index contributed by atoms with van der Waals surface area (Å²) in [5, 5.41) is 4.17. The molecule has 2 aromatic rings. The van der Waals surface area contributed by atoms with E-state index in [1.54, 1.807) is 0 Å². The predicted molar refractivity (Wildman–Crippen MR) is 85.3 cm³/mol. The van der Waals surface area contributed by atoms with Crippen molar-refractivity contribution in [2.45, 2.75) is 13.0 Å². The van der Waals surface area contributed by atoms with Crippen molar-refractivity contribution in [3.05, 3.63) is 62.0 Å². The van der Waals surface area contributed by atoms with E-state index in [0.29, 0.717) is 0 Å². The molecule has 0 heterocycles. The summed E-state index contributed by atoms with van der Waals surface area (Å²) in [6, 6.07) is 14.1. The fourth-order valence-corrected chi connectivity index (χ4v) is 3.34. The van der Waals surface area contributed by atoms with Crippen molar-refractivity contribution in [2.24, 2.45) is 0 Å². The zero-order chi connectivity index (χ0) is 13.1. The normalized spacial score (nSPS) is 12.2. The lowest BCUT2D eigenvalue weighted by Crippen LogP contribution is -2.07. The first-order chi connectivity index (χ1) is 8.56. The fraction of sp³-hybridized carbons (Fsp3) is 0.143. The van der Waals surface area contributed by atoms with Gasteiger partial charge in [0.2, 0.25) is 0 Å². The number of halogens is 3. The van der Waals surface area contributed by atoms with E-state index >= 15 is 0 Å². The van der Waals surface area contributed by atoms with Crippen LogP contribution in [0.4, 0.5) is 5.69 Å². The molecule has 0 saturated carbocycles. The van der Waals surface area contributed by atoms with E-state index < -0.39 is 0 Å². The summed E-state index contributed by atoms with van der Waals surface area (Å²) in [4.78, 5) is 0. The number of hydrogen-bond acceptors (Lipinski definition) is 1. The van der Waals surface area contributed by atoms with Crippen molar-refractivity contribution in [1.29, 1.82) is 0 Å². The van der Waals surface area contributed by atoms with Crippen LogP contribution in [0.15, 0.2) is 51.4 Å². The van der Waals surface area contributed by atoms with Crippen molar-refractivity contribution in [3.63, 3.8) is 0 Å². The molecule has 2 rings (SSSR count). The van der Waals surface area contributed by atoms with Crippen LogP contribution in [0.25, 0.3) is 0 Å². The third-order valence-electron chi connectivity index (χ3n) is 2.64. The van der Waals surface area contributed by atoms with Crippen LogP contribution in [0.3, 0.4) is 0 Å². The minimum atomic E-state index is 0.200. The van der Waals surface area contributed by atoms with Crippen LogP contribution in [0.1, 0.15) is 18.5 Å². The summed E-state index contributed by atoms with van der Waals surface area (Å²) in [6.07, 6.45) is 0. The number of rotatable bonds is 3. The summed E-state index contributed by atoms with van der Waals surface area (Å²) in [7, 11) is 0. The first-order valence-electron chi connectivity index (χ1n) is 5.53. The maximum atomic E-state index is 5.97. The van der Waals surface area contributed by atoms with Crippen molar-refractivity contribution >= 4 is 49.1 Å². The molecule has 0 aliphatic rings. The molecule has 0 amide bonds. The Bertz CT molecular complexity index is 557. The van der Waals surface area contributed by atoms with E-state index in [-0.39, 0.29) is 6.04 Å². The summed E-state index contributed by atoms with van der Waals surface area (Å²) in [5.41, 5.74) is 2.22. The summed E-state index contributed by atoms with van der Waals surface area (Å²) < 4.78 is 2.15. The van der Waals surface area contributed by atoms with Crippen molar-refractivity contribution < 1.29 is 0 Å². The molecule has 2 aromatic carbocycles. The van der Waals surface area contributed by atoms with Gasteiger partial charge in [-0.2, -0.15) is 0 Å². The molecule has 4 heteroatoms. The van der Waals surface area contributed by atoms with E-state index in [1.165, 1.54) is 5.56 Å². The van der Waals surface area contributed by atoms with Gasteiger partial charge in [0.15, 0.2) is 0 Å². The molecule has 0 bridgehead atoms. The minimum absolute atomic E-state index is 0.200.